The highest BCUT2D eigenvalue weighted by Gasteiger charge is 2.32. The van der Waals surface area contributed by atoms with Crippen molar-refractivity contribution in [3.63, 3.8) is 0 Å². The predicted octanol–water partition coefficient (Wildman–Crippen LogP) is 2.01. The lowest BCUT2D eigenvalue weighted by atomic mass is 10.0. The van der Waals surface area contributed by atoms with Crippen LogP contribution in [0, 0.1) is 0 Å². The number of nitrogens with one attached hydrogen (secondary N) is 2. The molecule has 2 aromatic heterocycles. The van der Waals surface area contributed by atoms with Gasteiger partial charge in [0, 0.05) is 53.3 Å². The third kappa shape index (κ3) is 3.64. The number of aromatic amines is 1. The summed E-state index contributed by atoms with van der Waals surface area (Å²) in [5.41, 5.74) is 9.22. The zero-order valence-electron chi connectivity index (χ0n) is 17.9. The molecular weight excluding hydrogens is 418 g/mol. The molecule has 0 unspecified atom stereocenters. The molecule has 0 bridgehead atoms. The average molecular weight is 441 g/mol. The van der Waals surface area contributed by atoms with Crippen LogP contribution in [0.15, 0.2) is 65.8 Å². The zero-order chi connectivity index (χ0) is 22.9. The van der Waals surface area contributed by atoms with Crippen molar-refractivity contribution in [3.8, 4) is 11.3 Å². The lowest BCUT2D eigenvalue weighted by Crippen LogP contribution is -2.42. The van der Waals surface area contributed by atoms with Gasteiger partial charge >= 0.3 is 0 Å². The Hall–Kier alpha value is -4.04. The number of carbonyl (C=O) groups is 2. The molecule has 33 heavy (non-hydrogen) atoms. The lowest BCUT2D eigenvalue weighted by molar-refractivity contribution is -0.122. The van der Waals surface area contributed by atoms with E-state index in [4.69, 9.17) is 5.73 Å². The van der Waals surface area contributed by atoms with Gasteiger partial charge in [0.25, 0.3) is 5.56 Å². The minimum Gasteiger partial charge on any atom is -0.355 e. The fourth-order valence-electron chi connectivity index (χ4n) is 4.45. The number of imidazole rings is 1. The molecule has 1 amide bonds. The number of aromatic nitrogens is 3. The first-order chi connectivity index (χ1) is 16.1. The topological polar surface area (TPSA) is 123 Å². The van der Waals surface area contributed by atoms with E-state index >= 15 is 0 Å². The molecule has 8 nitrogen and oxygen atoms in total. The van der Waals surface area contributed by atoms with E-state index in [0.29, 0.717) is 53.5 Å². The Labute approximate surface area is 189 Å². The number of rotatable bonds is 7. The summed E-state index contributed by atoms with van der Waals surface area (Å²) in [5.74, 6) is -0.329. The molecule has 0 spiro atoms. The molecule has 1 atom stereocenters. The standard InChI is InChI=1S/C25H23N5O3/c26-20(12-15-13-27-14-29-15)24(32)28-10-5-11-30-22-17-7-2-3-8-18(17)23(31)21(22)16-6-1-4-9-19(16)25(30)33/h1-4,6-9,13-14,20H,5,10-12,26H2,(H,27,29)(H,28,32)/t20-/m1/s1. The average Bonchev–Trinajstić information content (AvgIpc) is 3.45. The first-order valence-electron chi connectivity index (χ1n) is 10.9. The molecule has 0 radical (unpaired) electrons. The van der Waals surface area contributed by atoms with Crippen LogP contribution in [0.2, 0.25) is 0 Å². The molecule has 0 saturated carbocycles. The van der Waals surface area contributed by atoms with Crippen LogP contribution < -0.4 is 16.6 Å². The molecule has 2 heterocycles. The van der Waals surface area contributed by atoms with Crippen LogP contribution >= 0.6 is 0 Å². The van der Waals surface area contributed by atoms with Crippen LogP contribution in [-0.4, -0.2) is 38.8 Å². The largest absolute Gasteiger partial charge is 0.355 e. The van der Waals surface area contributed by atoms with Crippen molar-refractivity contribution in [2.75, 3.05) is 6.54 Å². The van der Waals surface area contributed by atoms with Gasteiger partial charge in [-0.15, -0.1) is 0 Å². The number of nitrogens with two attached hydrogens (primary N) is 1. The van der Waals surface area contributed by atoms with E-state index in [9.17, 15) is 14.4 Å². The maximum atomic E-state index is 13.4. The highest BCUT2D eigenvalue weighted by Crippen LogP contribution is 2.39. The molecule has 0 saturated heterocycles. The van der Waals surface area contributed by atoms with Gasteiger partial charge in [-0.25, -0.2) is 4.98 Å². The van der Waals surface area contributed by atoms with Gasteiger partial charge in [0.2, 0.25) is 5.91 Å². The third-order valence-corrected chi connectivity index (χ3v) is 6.02. The second-order valence-electron chi connectivity index (χ2n) is 8.13. The summed E-state index contributed by atoms with van der Waals surface area (Å²) in [5, 5.41) is 4.03. The summed E-state index contributed by atoms with van der Waals surface area (Å²) in [6.45, 7) is 0.725. The number of hydrogen-bond donors (Lipinski definition) is 3. The summed E-state index contributed by atoms with van der Waals surface area (Å²) < 4.78 is 1.66. The Morgan fingerprint density at radius 3 is 2.55 bits per heavy atom. The third-order valence-electron chi connectivity index (χ3n) is 6.02. The molecule has 2 aromatic carbocycles. The summed E-state index contributed by atoms with van der Waals surface area (Å²) in [6, 6.07) is 13.9. The Morgan fingerprint density at radius 2 is 1.79 bits per heavy atom. The molecule has 0 fully saturated rings. The van der Waals surface area contributed by atoms with Crippen molar-refractivity contribution in [3.05, 3.63) is 88.2 Å². The molecular formula is C25H23N5O3. The van der Waals surface area contributed by atoms with E-state index in [1.54, 1.807) is 35.3 Å². The van der Waals surface area contributed by atoms with Gasteiger partial charge in [-0.05, 0) is 12.5 Å². The highest BCUT2D eigenvalue weighted by atomic mass is 16.2. The number of fused-ring (bicyclic) bond motifs is 5. The quantitative estimate of drug-likeness (QED) is 0.334. The molecule has 1 aliphatic carbocycles. The molecule has 8 heteroatoms. The molecule has 4 N–H and O–H groups in total. The van der Waals surface area contributed by atoms with Crippen LogP contribution in [0.3, 0.4) is 0 Å². The Bertz CT molecular complexity index is 1420. The van der Waals surface area contributed by atoms with Crippen LogP contribution in [0.5, 0.6) is 0 Å². The Kier molecular flexibility index (Phi) is 5.35. The van der Waals surface area contributed by atoms with Crippen molar-refractivity contribution in [1.82, 2.24) is 19.9 Å². The van der Waals surface area contributed by atoms with Crippen LogP contribution in [0.4, 0.5) is 0 Å². The van der Waals surface area contributed by atoms with Gasteiger partial charge in [0.1, 0.15) is 0 Å². The summed E-state index contributed by atoms with van der Waals surface area (Å²) in [6.07, 6.45) is 4.06. The minimum absolute atomic E-state index is 0.0661. The van der Waals surface area contributed by atoms with E-state index in [-0.39, 0.29) is 17.2 Å². The number of benzene rings is 2. The maximum Gasteiger partial charge on any atom is 0.258 e. The van der Waals surface area contributed by atoms with Crippen LogP contribution in [0.25, 0.3) is 22.0 Å². The van der Waals surface area contributed by atoms with Crippen molar-refractivity contribution >= 4 is 22.5 Å². The molecule has 166 valence electrons. The predicted molar refractivity (Wildman–Crippen MR) is 125 cm³/mol. The number of nitrogens with zero attached hydrogens (tertiary/aromatic N) is 2. The SMILES string of the molecule is N[C@H](Cc1cnc[nH]1)C(=O)NCCCn1c2c(c3ccccc3c1=O)C(=O)c1ccccc1-2. The summed E-state index contributed by atoms with van der Waals surface area (Å²) in [4.78, 5) is 45.7. The molecule has 1 aliphatic rings. The van der Waals surface area contributed by atoms with Crippen molar-refractivity contribution < 1.29 is 9.59 Å². The zero-order valence-corrected chi connectivity index (χ0v) is 17.9. The van der Waals surface area contributed by atoms with Crippen molar-refractivity contribution in [2.45, 2.75) is 25.4 Å². The van der Waals surface area contributed by atoms with E-state index in [1.807, 2.05) is 30.3 Å². The van der Waals surface area contributed by atoms with Gasteiger partial charge in [-0.2, -0.15) is 0 Å². The number of ketones is 1. The second kappa shape index (κ2) is 8.48. The molecule has 5 rings (SSSR count). The summed E-state index contributed by atoms with van der Waals surface area (Å²) >= 11 is 0. The van der Waals surface area contributed by atoms with Gasteiger partial charge < -0.3 is 20.6 Å². The first-order valence-corrected chi connectivity index (χ1v) is 10.9. The fourth-order valence-corrected chi connectivity index (χ4v) is 4.45. The maximum absolute atomic E-state index is 13.4. The van der Waals surface area contributed by atoms with E-state index in [0.717, 1.165) is 11.3 Å². The molecule has 0 aliphatic heterocycles. The monoisotopic (exact) mass is 441 g/mol. The van der Waals surface area contributed by atoms with Gasteiger partial charge in [-0.1, -0.05) is 42.5 Å². The van der Waals surface area contributed by atoms with Gasteiger partial charge in [-0.3, -0.25) is 14.4 Å². The van der Waals surface area contributed by atoms with Crippen LogP contribution in [0.1, 0.15) is 28.0 Å². The first kappa shape index (κ1) is 20.8. The Balaban J connectivity index is 1.38. The minimum atomic E-state index is -0.692. The Morgan fingerprint density at radius 1 is 1.06 bits per heavy atom. The highest BCUT2D eigenvalue weighted by molar-refractivity contribution is 6.26. The summed E-state index contributed by atoms with van der Waals surface area (Å²) in [7, 11) is 0. The van der Waals surface area contributed by atoms with Crippen molar-refractivity contribution in [1.29, 1.82) is 0 Å². The normalized spacial score (nSPS) is 13.1. The number of pyridine rings is 1. The fraction of sp³-hybridized carbons (Fsp3) is 0.200. The second-order valence-corrected chi connectivity index (χ2v) is 8.13. The van der Waals surface area contributed by atoms with E-state index in [2.05, 4.69) is 15.3 Å². The van der Waals surface area contributed by atoms with Crippen molar-refractivity contribution in [2.24, 2.45) is 5.73 Å². The van der Waals surface area contributed by atoms with Gasteiger partial charge in [0.15, 0.2) is 5.78 Å². The van der Waals surface area contributed by atoms with E-state index in [1.165, 1.54) is 0 Å². The van der Waals surface area contributed by atoms with E-state index < -0.39 is 6.04 Å². The number of amides is 1. The number of carbonyl (C=O) groups excluding carboxylic acids is 2. The number of H-pyrrole nitrogens is 1. The van der Waals surface area contributed by atoms with Crippen LogP contribution in [-0.2, 0) is 17.8 Å². The molecule has 4 aromatic rings. The number of hydrogen-bond acceptors (Lipinski definition) is 5. The smallest absolute Gasteiger partial charge is 0.258 e. The van der Waals surface area contributed by atoms with Gasteiger partial charge in [0.05, 0.1) is 23.6 Å². The lowest BCUT2D eigenvalue weighted by Gasteiger charge is -2.16.